The number of aromatic nitrogens is 2. The molecule has 0 saturated heterocycles. The number of anilines is 2. The molecule has 2 aromatic carbocycles. The van der Waals surface area contributed by atoms with E-state index < -0.39 is 0 Å². The van der Waals surface area contributed by atoms with Gasteiger partial charge in [0.15, 0.2) is 0 Å². The lowest BCUT2D eigenvalue weighted by Gasteiger charge is -2.22. The van der Waals surface area contributed by atoms with Gasteiger partial charge >= 0.3 is 6.03 Å². The number of ether oxygens (including phenoxy) is 1. The first kappa shape index (κ1) is 27.8. The molecule has 37 heavy (non-hydrogen) atoms. The van der Waals surface area contributed by atoms with Gasteiger partial charge in [0.25, 0.3) is 0 Å². The van der Waals surface area contributed by atoms with E-state index in [1.54, 1.807) is 11.8 Å². The van der Waals surface area contributed by atoms with Crippen molar-refractivity contribution < 1.29 is 14.3 Å². The van der Waals surface area contributed by atoms with Gasteiger partial charge in [0.1, 0.15) is 18.1 Å². The van der Waals surface area contributed by atoms with E-state index in [4.69, 9.17) is 9.84 Å². The van der Waals surface area contributed by atoms with Crippen LogP contribution in [0.1, 0.15) is 65.1 Å². The average Bonchev–Trinajstić information content (AvgIpc) is 3.28. The molecule has 0 radical (unpaired) electrons. The third-order valence-electron chi connectivity index (χ3n) is 6.01. The summed E-state index contributed by atoms with van der Waals surface area (Å²) in [5.41, 5.74) is 3.32. The lowest BCUT2D eigenvalue weighted by Crippen LogP contribution is -2.41. The predicted molar refractivity (Wildman–Crippen MR) is 149 cm³/mol. The summed E-state index contributed by atoms with van der Waals surface area (Å²) >= 11 is 0. The third kappa shape index (κ3) is 7.35. The molecule has 0 unspecified atom stereocenters. The van der Waals surface area contributed by atoms with Crippen LogP contribution in [0.5, 0.6) is 5.75 Å². The maximum Gasteiger partial charge on any atom is 0.322 e. The van der Waals surface area contributed by atoms with Crippen molar-refractivity contribution in [2.24, 2.45) is 0 Å². The van der Waals surface area contributed by atoms with Crippen molar-refractivity contribution in [3.8, 4) is 11.4 Å². The number of nitrogens with one attached hydrogen (secondary N) is 2. The summed E-state index contributed by atoms with van der Waals surface area (Å²) in [6.07, 6.45) is 0.727. The van der Waals surface area contributed by atoms with Gasteiger partial charge in [-0.25, -0.2) is 9.48 Å². The fourth-order valence-corrected chi connectivity index (χ4v) is 3.79. The first-order chi connectivity index (χ1) is 17.5. The van der Waals surface area contributed by atoms with Gasteiger partial charge in [-0.2, -0.15) is 5.10 Å². The van der Waals surface area contributed by atoms with Gasteiger partial charge in [-0.1, -0.05) is 53.7 Å². The van der Waals surface area contributed by atoms with E-state index in [1.807, 2.05) is 61.5 Å². The standard InChI is InChI=1S/C29H39N5O3/c1-8-17-33(28(36)30-22-11-9-21(10-12-22)20(2)3)19-27(35)31-26-18-25(29(4,5)6)32-34(26)23-13-15-24(37-7)16-14-23/h9-16,18,20H,8,17,19H2,1-7H3,(H,30,36)(H,31,35). The van der Waals surface area contributed by atoms with Crippen molar-refractivity contribution >= 4 is 23.4 Å². The van der Waals surface area contributed by atoms with Crippen LogP contribution in [0.15, 0.2) is 54.6 Å². The molecule has 0 bridgehead atoms. The topological polar surface area (TPSA) is 88.5 Å². The van der Waals surface area contributed by atoms with Crippen molar-refractivity contribution in [3.63, 3.8) is 0 Å². The molecule has 0 aliphatic rings. The molecule has 3 amide bonds. The Balaban J connectivity index is 1.77. The van der Waals surface area contributed by atoms with E-state index in [0.29, 0.717) is 24.0 Å². The highest BCUT2D eigenvalue weighted by atomic mass is 16.5. The van der Waals surface area contributed by atoms with E-state index >= 15 is 0 Å². The fraction of sp³-hybridized carbons (Fsp3) is 0.414. The van der Waals surface area contributed by atoms with Gasteiger partial charge in [-0.15, -0.1) is 0 Å². The van der Waals surface area contributed by atoms with Gasteiger partial charge in [0.05, 0.1) is 18.5 Å². The Hall–Kier alpha value is -3.81. The van der Waals surface area contributed by atoms with Crippen LogP contribution in [-0.4, -0.2) is 46.8 Å². The van der Waals surface area contributed by atoms with Crippen LogP contribution in [0, 0.1) is 0 Å². The number of hydrogen-bond donors (Lipinski definition) is 2. The maximum atomic E-state index is 13.1. The monoisotopic (exact) mass is 505 g/mol. The second-order valence-corrected chi connectivity index (χ2v) is 10.5. The number of amides is 3. The van der Waals surface area contributed by atoms with Crippen LogP contribution in [0.2, 0.25) is 0 Å². The molecule has 1 aromatic heterocycles. The number of methoxy groups -OCH3 is 1. The molecule has 1 heterocycles. The SMILES string of the molecule is CCCN(CC(=O)Nc1cc(C(C)(C)C)nn1-c1ccc(OC)cc1)C(=O)Nc1ccc(C(C)C)cc1. The quantitative estimate of drug-likeness (QED) is 0.363. The lowest BCUT2D eigenvalue weighted by molar-refractivity contribution is -0.116. The molecule has 0 atom stereocenters. The van der Waals surface area contributed by atoms with Gasteiger partial charge in [-0.3, -0.25) is 4.79 Å². The van der Waals surface area contributed by atoms with Crippen molar-refractivity contribution in [3.05, 3.63) is 65.9 Å². The molecule has 8 heteroatoms. The number of rotatable bonds is 9. The highest BCUT2D eigenvalue weighted by Gasteiger charge is 2.23. The Bertz CT molecular complexity index is 1190. The zero-order chi connectivity index (χ0) is 27.2. The second-order valence-electron chi connectivity index (χ2n) is 10.5. The Labute approximate surface area is 220 Å². The molecule has 0 aliphatic carbocycles. The van der Waals surface area contributed by atoms with Crippen LogP contribution in [0.4, 0.5) is 16.3 Å². The van der Waals surface area contributed by atoms with Gasteiger partial charge in [0, 0.05) is 23.7 Å². The summed E-state index contributed by atoms with van der Waals surface area (Å²) in [5, 5.41) is 10.6. The number of hydrogen-bond acceptors (Lipinski definition) is 4. The van der Waals surface area contributed by atoms with Gasteiger partial charge < -0.3 is 20.3 Å². The van der Waals surface area contributed by atoms with E-state index in [2.05, 4.69) is 45.3 Å². The number of urea groups is 1. The van der Waals surface area contributed by atoms with E-state index in [9.17, 15) is 9.59 Å². The highest BCUT2D eigenvalue weighted by molar-refractivity contribution is 5.96. The molecule has 0 saturated carbocycles. The van der Waals surface area contributed by atoms with Crippen molar-refractivity contribution in [2.45, 2.75) is 59.3 Å². The molecule has 8 nitrogen and oxygen atoms in total. The summed E-state index contributed by atoms with van der Waals surface area (Å²) in [6.45, 7) is 12.8. The predicted octanol–water partition coefficient (Wildman–Crippen LogP) is 6.18. The Morgan fingerprint density at radius 1 is 1.03 bits per heavy atom. The second kappa shape index (κ2) is 12.0. The van der Waals surface area contributed by atoms with Gasteiger partial charge in [-0.05, 0) is 54.3 Å². The average molecular weight is 506 g/mol. The number of benzene rings is 2. The number of carbonyl (C=O) groups excluding carboxylic acids is 2. The zero-order valence-corrected chi connectivity index (χ0v) is 23.0. The minimum Gasteiger partial charge on any atom is -0.497 e. The fourth-order valence-electron chi connectivity index (χ4n) is 3.79. The summed E-state index contributed by atoms with van der Waals surface area (Å²) in [5.74, 6) is 1.39. The maximum absolute atomic E-state index is 13.1. The van der Waals surface area contributed by atoms with E-state index in [-0.39, 0.29) is 23.9 Å². The first-order valence-corrected chi connectivity index (χ1v) is 12.7. The van der Waals surface area contributed by atoms with Crippen LogP contribution in [0.3, 0.4) is 0 Å². The molecule has 0 aliphatic heterocycles. The number of carbonyl (C=O) groups is 2. The summed E-state index contributed by atoms with van der Waals surface area (Å²) in [4.78, 5) is 27.6. The molecular formula is C29H39N5O3. The normalized spacial score (nSPS) is 11.4. The van der Waals surface area contributed by atoms with Crippen LogP contribution in [0.25, 0.3) is 5.69 Å². The molecule has 3 aromatic rings. The highest BCUT2D eigenvalue weighted by Crippen LogP contribution is 2.27. The molecule has 2 N–H and O–H groups in total. The minimum absolute atomic E-state index is 0.0810. The molecule has 0 spiro atoms. The summed E-state index contributed by atoms with van der Waals surface area (Å²) in [7, 11) is 1.62. The summed E-state index contributed by atoms with van der Waals surface area (Å²) < 4.78 is 6.97. The Morgan fingerprint density at radius 2 is 1.68 bits per heavy atom. The smallest absolute Gasteiger partial charge is 0.322 e. The number of nitrogens with zero attached hydrogens (tertiary/aromatic N) is 3. The Kier molecular flexibility index (Phi) is 8.97. The molecule has 0 fully saturated rings. The largest absolute Gasteiger partial charge is 0.497 e. The van der Waals surface area contributed by atoms with E-state index in [1.165, 1.54) is 10.5 Å². The van der Waals surface area contributed by atoms with Crippen molar-refractivity contribution in [2.75, 3.05) is 30.8 Å². The van der Waals surface area contributed by atoms with Gasteiger partial charge in [0.2, 0.25) is 5.91 Å². The summed E-state index contributed by atoms with van der Waals surface area (Å²) in [6, 6.07) is 16.8. The lowest BCUT2D eigenvalue weighted by atomic mass is 9.92. The third-order valence-corrected chi connectivity index (χ3v) is 6.01. The van der Waals surface area contributed by atoms with Crippen LogP contribution < -0.4 is 15.4 Å². The molecular weight excluding hydrogens is 466 g/mol. The minimum atomic E-state index is -0.312. The Morgan fingerprint density at radius 3 is 2.22 bits per heavy atom. The molecule has 3 rings (SSSR count). The van der Waals surface area contributed by atoms with Crippen LogP contribution >= 0.6 is 0 Å². The van der Waals surface area contributed by atoms with Crippen molar-refractivity contribution in [1.29, 1.82) is 0 Å². The zero-order valence-electron chi connectivity index (χ0n) is 23.0. The molecule has 198 valence electrons. The van der Waals surface area contributed by atoms with E-state index in [0.717, 1.165) is 23.6 Å². The first-order valence-electron chi connectivity index (χ1n) is 12.7. The van der Waals surface area contributed by atoms with Crippen LogP contribution in [-0.2, 0) is 10.2 Å². The van der Waals surface area contributed by atoms with Crippen molar-refractivity contribution in [1.82, 2.24) is 14.7 Å².